The summed E-state index contributed by atoms with van der Waals surface area (Å²) in [6.07, 6.45) is 2.78. The van der Waals surface area contributed by atoms with Crippen LogP contribution in [0.15, 0.2) is 12.1 Å². The van der Waals surface area contributed by atoms with Gasteiger partial charge in [0.05, 0.1) is 26.7 Å². The molecule has 156 valence electrons. The van der Waals surface area contributed by atoms with Crippen molar-refractivity contribution in [2.75, 3.05) is 40.5 Å². The van der Waals surface area contributed by atoms with Gasteiger partial charge in [0.25, 0.3) is 0 Å². The zero-order chi connectivity index (χ0) is 20.5. The van der Waals surface area contributed by atoms with Gasteiger partial charge in [-0.15, -0.1) is 0 Å². The van der Waals surface area contributed by atoms with Crippen molar-refractivity contribution in [1.82, 2.24) is 10.2 Å². The minimum Gasteiger partial charge on any atom is -0.493 e. The maximum absolute atomic E-state index is 12.3. The second-order valence-corrected chi connectivity index (χ2v) is 6.78. The SMILES string of the molecule is CCCOc1c(OC)cc(CCNC(=O)N2CCCC(C(=O)O)C2)cc1OC. The molecule has 8 nitrogen and oxygen atoms in total. The summed E-state index contributed by atoms with van der Waals surface area (Å²) in [6.45, 7) is 3.86. The minimum absolute atomic E-state index is 0.229. The highest BCUT2D eigenvalue weighted by Crippen LogP contribution is 2.38. The summed E-state index contributed by atoms with van der Waals surface area (Å²) < 4.78 is 16.6. The van der Waals surface area contributed by atoms with E-state index >= 15 is 0 Å². The molecule has 0 saturated carbocycles. The number of hydrogen-bond donors (Lipinski definition) is 2. The van der Waals surface area contributed by atoms with E-state index in [1.54, 1.807) is 19.1 Å². The molecule has 2 rings (SSSR count). The van der Waals surface area contributed by atoms with Crippen molar-refractivity contribution in [3.8, 4) is 17.2 Å². The molecule has 0 aliphatic carbocycles. The highest BCUT2D eigenvalue weighted by atomic mass is 16.5. The fourth-order valence-electron chi connectivity index (χ4n) is 3.21. The number of nitrogens with zero attached hydrogens (tertiary/aromatic N) is 1. The van der Waals surface area contributed by atoms with Crippen LogP contribution < -0.4 is 19.5 Å². The van der Waals surface area contributed by atoms with Gasteiger partial charge in [-0.1, -0.05) is 6.92 Å². The van der Waals surface area contributed by atoms with Gasteiger partial charge in [-0.25, -0.2) is 4.79 Å². The number of carboxylic acid groups (broad SMARTS) is 1. The number of likely N-dealkylation sites (tertiary alicyclic amines) is 1. The van der Waals surface area contributed by atoms with Crippen LogP contribution in [-0.4, -0.2) is 62.5 Å². The topological polar surface area (TPSA) is 97.3 Å². The predicted molar refractivity (Wildman–Crippen MR) is 104 cm³/mol. The first-order chi connectivity index (χ1) is 13.5. The van der Waals surface area contributed by atoms with E-state index < -0.39 is 11.9 Å². The fraction of sp³-hybridized carbons (Fsp3) is 0.600. The van der Waals surface area contributed by atoms with Gasteiger partial charge in [0, 0.05) is 19.6 Å². The zero-order valence-electron chi connectivity index (χ0n) is 16.8. The number of amides is 2. The highest BCUT2D eigenvalue weighted by molar-refractivity contribution is 5.76. The van der Waals surface area contributed by atoms with Gasteiger partial charge in [0.15, 0.2) is 11.5 Å². The summed E-state index contributed by atoms with van der Waals surface area (Å²) in [7, 11) is 3.16. The third kappa shape index (κ3) is 5.68. The quantitative estimate of drug-likeness (QED) is 0.668. The summed E-state index contributed by atoms with van der Waals surface area (Å²) in [5.74, 6) is 0.433. The van der Waals surface area contributed by atoms with Gasteiger partial charge in [0.1, 0.15) is 0 Å². The van der Waals surface area contributed by atoms with E-state index in [-0.39, 0.29) is 12.6 Å². The van der Waals surface area contributed by atoms with Crippen LogP contribution in [0.5, 0.6) is 17.2 Å². The average molecular weight is 394 g/mol. The van der Waals surface area contributed by atoms with E-state index in [0.717, 1.165) is 12.0 Å². The van der Waals surface area contributed by atoms with Crippen LogP contribution in [0.1, 0.15) is 31.7 Å². The number of aliphatic carboxylic acids is 1. The van der Waals surface area contributed by atoms with Crippen molar-refractivity contribution in [2.45, 2.75) is 32.6 Å². The van der Waals surface area contributed by atoms with Crippen LogP contribution in [-0.2, 0) is 11.2 Å². The lowest BCUT2D eigenvalue weighted by atomic mass is 9.99. The second kappa shape index (κ2) is 10.6. The molecule has 8 heteroatoms. The number of hydrogen-bond acceptors (Lipinski definition) is 5. The number of benzene rings is 1. The molecule has 0 aromatic heterocycles. The monoisotopic (exact) mass is 394 g/mol. The Morgan fingerprint density at radius 2 is 1.93 bits per heavy atom. The Bertz CT molecular complexity index is 654. The molecule has 0 spiro atoms. The molecule has 1 atom stereocenters. The van der Waals surface area contributed by atoms with Gasteiger partial charge in [-0.05, 0) is 43.4 Å². The molecule has 1 aliphatic heterocycles. The van der Waals surface area contributed by atoms with Gasteiger partial charge in [0.2, 0.25) is 5.75 Å². The molecule has 1 aliphatic rings. The smallest absolute Gasteiger partial charge is 0.317 e. The Morgan fingerprint density at radius 3 is 2.50 bits per heavy atom. The van der Waals surface area contributed by atoms with E-state index in [2.05, 4.69) is 5.32 Å². The Hall–Kier alpha value is -2.64. The van der Waals surface area contributed by atoms with Crippen molar-refractivity contribution in [2.24, 2.45) is 5.92 Å². The van der Waals surface area contributed by atoms with E-state index in [9.17, 15) is 9.59 Å². The van der Waals surface area contributed by atoms with Crippen LogP contribution in [0.2, 0.25) is 0 Å². The lowest BCUT2D eigenvalue weighted by Crippen LogP contribution is -2.47. The molecule has 0 radical (unpaired) electrons. The number of carbonyl (C=O) groups excluding carboxylic acids is 1. The minimum atomic E-state index is -0.845. The van der Waals surface area contributed by atoms with Gasteiger partial charge >= 0.3 is 12.0 Å². The summed E-state index contributed by atoms with van der Waals surface area (Å²) in [6, 6.07) is 3.52. The van der Waals surface area contributed by atoms with Gasteiger partial charge in [-0.2, -0.15) is 0 Å². The van der Waals surface area contributed by atoms with E-state index in [1.165, 1.54) is 0 Å². The molecular formula is C20H30N2O6. The molecule has 1 unspecified atom stereocenters. The molecule has 1 fully saturated rings. The maximum Gasteiger partial charge on any atom is 0.317 e. The van der Waals surface area contributed by atoms with Crippen LogP contribution in [0, 0.1) is 5.92 Å². The van der Waals surface area contributed by atoms with Crippen molar-refractivity contribution >= 4 is 12.0 Å². The predicted octanol–water partition coefficient (Wildman–Crippen LogP) is 2.54. The van der Waals surface area contributed by atoms with E-state index in [1.807, 2.05) is 19.1 Å². The molecular weight excluding hydrogens is 364 g/mol. The van der Waals surface area contributed by atoms with Crippen molar-refractivity contribution in [3.05, 3.63) is 17.7 Å². The summed E-state index contributed by atoms with van der Waals surface area (Å²) in [5, 5.41) is 12.0. The first-order valence-electron chi connectivity index (χ1n) is 9.63. The van der Waals surface area contributed by atoms with E-state index in [0.29, 0.717) is 56.2 Å². The lowest BCUT2D eigenvalue weighted by Gasteiger charge is -2.30. The van der Waals surface area contributed by atoms with Crippen LogP contribution in [0.25, 0.3) is 0 Å². The zero-order valence-corrected chi connectivity index (χ0v) is 16.8. The molecule has 0 bridgehead atoms. The highest BCUT2D eigenvalue weighted by Gasteiger charge is 2.27. The fourth-order valence-corrected chi connectivity index (χ4v) is 3.21. The number of carboxylic acids is 1. The first kappa shape index (κ1) is 21.7. The summed E-state index contributed by atoms with van der Waals surface area (Å²) >= 11 is 0. The molecule has 2 amide bonds. The third-order valence-electron chi connectivity index (χ3n) is 4.72. The van der Waals surface area contributed by atoms with Gasteiger partial charge < -0.3 is 29.5 Å². The lowest BCUT2D eigenvalue weighted by molar-refractivity contribution is -0.143. The first-order valence-corrected chi connectivity index (χ1v) is 9.63. The average Bonchev–Trinajstić information content (AvgIpc) is 2.71. The van der Waals surface area contributed by atoms with Crippen LogP contribution in [0.4, 0.5) is 4.79 Å². The molecule has 2 N–H and O–H groups in total. The van der Waals surface area contributed by atoms with Crippen molar-refractivity contribution < 1.29 is 28.9 Å². The summed E-state index contributed by atoms with van der Waals surface area (Å²) in [5.41, 5.74) is 0.944. The number of rotatable bonds is 9. The normalized spacial score (nSPS) is 16.4. The van der Waals surface area contributed by atoms with Crippen LogP contribution >= 0.6 is 0 Å². The Balaban J connectivity index is 1.94. The largest absolute Gasteiger partial charge is 0.493 e. The molecule has 28 heavy (non-hydrogen) atoms. The molecule has 1 heterocycles. The van der Waals surface area contributed by atoms with Crippen molar-refractivity contribution in [1.29, 1.82) is 0 Å². The number of urea groups is 1. The molecule has 1 aromatic carbocycles. The third-order valence-corrected chi connectivity index (χ3v) is 4.72. The van der Waals surface area contributed by atoms with E-state index in [4.69, 9.17) is 19.3 Å². The second-order valence-electron chi connectivity index (χ2n) is 6.78. The Labute approximate surface area is 165 Å². The van der Waals surface area contributed by atoms with Gasteiger partial charge in [-0.3, -0.25) is 4.79 Å². The number of carbonyl (C=O) groups is 2. The Kier molecular flexibility index (Phi) is 8.22. The standard InChI is InChI=1S/C20H30N2O6/c1-4-10-28-18-16(26-2)11-14(12-17(18)27-3)7-8-21-20(25)22-9-5-6-15(13-22)19(23)24/h11-12,15H,4-10,13H2,1-3H3,(H,21,25)(H,23,24). The maximum atomic E-state index is 12.3. The number of nitrogens with one attached hydrogen (secondary N) is 1. The number of methoxy groups -OCH3 is 2. The van der Waals surface area contributed by atoms with Crippen molar-refractivity contribution in [3.63, 3.8) is 0 Å². The van der Waals surface area contributed by atoms with Crippen LogP contribution in [0.3, 0.4) is 0 Å². The number of piperidine rings is 1. The number of ether oxygens (including phenoxy) is 3. The summed E-state index contributed by atoms with van der Waals surface area (Å²) in [4.78, 5) is 25.0. The molecule has 1 aromatic rings. The molecule has 1 saturated heterocycles. The Morgan fingerprint density at radius 1 is 1.25 bits per heavy atom.